The van der Waals surface area contributed by atoms with Crippen LogP contribution in [0.25, 0.3) is 0 Å². The number of ether oxygens (including phenoxy) is 1. The molecule has 0 atom stereocenters. The molecule has 0 unspecified atom stereocenters. The van der Waals surface area contributed by atoms with Crippen LogP contribution in [0.3, 0.4) is 0 Å². The van der Waals surface area contributed by atoms with Crippen molar-refractivity contribution in [2.75, 3.05) is 11.9 Å². The first-order valence-corrected chi connectivity index (χ1v) is 6.48. The minimum atomic E-state index is -0.234. The lowest BCUT2D eigenvalue weighted by molar-refractivity contribution is 0.102. The summed E-state index contributed by atoms with van der Waals surface area (Å²) in [6.07, 6.45) is 1.65. The van der Waals surface area contributed by atoms with Gasteiger partial charge in [-0.2, -0.15) is 0 Å². The average Bonchev–Trinajstić information content (AvgIpc) is 2.46. The van der Waals surface area contributed by atoms with E-state index in [1.54, 1.807) is 42.5 Å². The lowest BCUT2D eigenvalue weighted by atomic mass is 10.2. The number of halogens is 1. The zero-order valence-corrected chi connectivity index (χ0v) is 11.6. The Labute approximate surface area is 122 Å². The van der Waals surface area contributed by atoms with Crippen LogP contribution in [0.4, 0.5) is 5.69 Å². The predicted molar refractivity (Wildman–Crippen MR) is 81.5 cm³/mol. The van der Waals surface area contributed by atoms with Crippen LogP contribution in [-0.2, 0) is 0 Å². The van der Waals surface area contributed by atoms with Crippen molar-refractivity contribution >= 4 is 23.2 Å². The van der Waals surface area contributed by atoms with Gasteiger partial charge in [0.05, 0.1) is 5.69 Å². The fourth-order valence-corrected chi connectivity index (χ4v) is 1.86. The molecule has 1 N–H and O–H groups in total. The van der Waals surface area contributed by atoms with Crippen molar-refractivity contribution in [1.82, 2.24) is 0 Å². The number of benzene rings is 2. The van der Waals surface area contributed by atoms with Gasteiger partial charge in [0.1, 0.15) is 12.4 Å². The molecular formula is C16H14ClNO2. The van der Waals surface area contributed by atoms with E-state index < -0.39 is 0 Å². The number of para-hydroxylation sites is 2. The van der Waals surface area contributed by atoms with E-state index in [4.69, 9.17) is 16.3 Å². The Morgan fingerprint density at radius 2 is 2.05 bits per heavy atom. The maximum Gasteiger partial charge on any atom is 0.255 e. The monoisotopic (exact) mass is 287 g/mol. The molecule has 102 valence electrons. The van der Waals surface area contributed by atoms with Crippen LogP contribution in [0.5, 0.6) is 5.75 Å². The van der Waals surface area contributed by atoms with Crippen molar-refractivity contribution in [3.05, 3.63) is 71.8 Å². The van der Waals surface area contributed by atoms with Crippen LogP contribution in [0.15, 0.2) is 61.2 Å². The predicted octanol–water partition coefficient (Wildman–Crippen LogP) is 4.16. The van der Waals surface area contributed by atoms with Crippen LogP contribution >= 0.6 is 11.6 Å². The molecule has 0 heterocycles. The second-order valence-electron chi connectivity index (χ2n) is 4.06. The molecule has 3 nitrogen and oxygen atoms in total. The summed E-state index contributed by atoms with van der Waals surface area (Å²) in [4.78, 5) is 12.1. The van der Waals surface area contributed by atoms with Gasteiger partial charge >= 0.3 is 0 Å². The van der Waals surface area contributed by atoms with Crippen LogP contribution in [0.1, 0.15) is 10.4 Å². The summed E-state index contributed by atoms with van der Waals surface area (Å²) in [6.45, 7) is 3.98. The second-order valence-corrected chi connectivity index (χ2v) is 4.50. The van der Waals surface area contributed by atoms with Gasteiger partial charge in [-0.25, -0.2) is 0 Å². The van der Waals surface area contributed by atoms with E-state index in [-0.39, 0.29) is 5.91 Å². The molecule has 0 aromatic heterocycles. The Morgan fingerprint density at radius 3 is 2.80 bits per heavy atom. The summed E-state index contributed by atoms with van der Waals surface area (Å²) in [5.74, 6) is 0.366. The topological polar surface area (TPSA) is 38.3 Å². The van der Waals surface area contributed by atoms with Crippen LogP contribution in [0.2, 0.25) is 5.02 Å². The Morgan fingerprint density at radius 1 is 1.25 bits per heavy atom. The van der Waals surface area contributed by atoms with Gasteiger partial charge in [-0.15, -0.1) is 0 Å². The Hall–Kier alpha value is -2.26. The van der Waals surface area contributed by atoms with E-state index in [9.17, 15) is 4.79 Å². The van der Waals surface area contributed by atoms with Crippen molar-refractivity contribution in [1.29, 1.82) is 0 Å². The van der Waals surface area contributed by atoms with Crippen molar-refractivity contribution in [2.24, 2.45) is 0 Å². The summed E-state index contributed by atoms with van der Waals surface area (Å²) in [5, 5.41) is 3.33. The zero-order chi connectivity index (χ0) is 14.4. The third-order valence-electron chi connectivity index (χ3n) is 2.58. The highest BCUT2D eigenvalue weighted by Crippen LogP contribution is 2.24. The molecule has 20 heavy (non-hydrogen) atoms. The Bertz CT molecular complexity index is 625. The van der Waals surface area contributed by atoms with Gasteiger partial charge in [-0.1, -0.05) is 42.5 Å². The number of nitrogens with one attached hydrogen (secondary N) is 1. The Balaban J connectivity index is 2.17. The normalized spacial score (nSPS) is 9.85. The van der Waals surface area contributed by atoms with Crippen molar-refractivity contribution in [2.45, 2.75) is 0 Å². The van der Waals surface area contributed by atoms with Crippen molar-refractivity contribution in [3.8, 4) is 5.75 Å². The van der Waals surface area contributed by atoms with Gasteiger partial charge in [0.25, 0.3) is 5.91 Å². The fourth-order valence-electron chi connectivity index (χ4n) is 1.67. The molecule has 0 aliphatic carbocycles. The molecule has 1 amide bonds. The number of hydrogen-bond acceptors (Lipinski definition) is 2. The van der Waals surface area contributed by atoms with Gasteiger partial charge in [0.15, 0.2) is 0 Å². The molecule has 0 aliphatic rings. The van der Waals surface area contributed by atoms with Gasteiger partial charge in [0.2, 0.25) is 0 Å². The summed E-state index contributed by atoms with van der Waals surface area (Å²) < 4.78 is 5.49. The van der Waals surface area contributed by atoms with E-state index in [0.29, 0.717) is 28.6 Å². The van der Waals surface area contributed by atoms with Crippen LogP contribution in [0, 0.1) is 0 Å². The molecule has 0 saturated carbocycles. The summed E-state index contributed by atoms with van der Waals surface area (Å²) in [6, 6.07) is 14.0. The molecule has 4 heteroatoms. The lowest BCUT2D eigenvalue weighted by Crippen LogP contribution is -2.12. The Kier molecular flexibility index (Phi) is 4.80. The van der Waals surface area contributed by atoms with Gasteiger partial charge < -0.3 is 10.1 Å². The van der Waals surface area contributed by atoms with Crippen LogP contribution in [-0.4, -0.2) is 12.5 Å². The number of amides is 1. The summed E-state index contributed by atoms with van der Waals surface area (Å²) in [7, 11) is 0. The highest BCUT2D eigenvalue weighted by Gasteiger charge is 2.09. The smallest absolute Gasteiger partial charge is 0.255 e. The fraction of sp³-hybridized carbons (Fsp3) is 0.0625. The third-order valence-corrected chi connectivity index (χ3v) is 2.81. The minimum Gasteiger partial charge on any atom is -0.487 e. The average molecular weight is 288 g/mol. The first-order chi connectivity index (χ1) is 9.70. The maximum atomic E-state index is 12.1. The number of carbonyl (C=O) groups excluding carboxylic acids is 1. The molecular weight excluding hydrogens is 274 g/mol. The van der Waals surface area contributed by atoms with Gasteiger partial charge in [0, 0.05) is 10.6 Å². The first-order valence-electron chi connectivity index (χ1n) is 6.10. The van der Waals surface area contributed by atoms with Gasteiger partial charge in [-0.3, -0.25) is 4.79 Å². The number of anilines is 1. The van der Waals surface area contributed by atoms with E-state index in [0.717, 1.165) is 0 Å². The highest BCUT2D eigenvalue weighted by molar-refractivity contribution is 6.31. The van der Waals surface area contributed by atoms with Crippen molar-refractivity contribution in [3.63, 3.8) is 0 Å². The molecule has 0 spiro atoms. The van der Waals surface area contributed by atoms with E-state index >= 15 is 0 Å². The second kappa shape index (κ2) is 6.78. The summed E-state index contributed by atoms with van der Waals surface area (Å²) in [5.41, 5.74) is 1.11. The molecule has 0 radical (unpaired) electrons. The zero-order valence-electron chi connectivity index (χ0n) is 10.8. The minimum absolute atomic E-state index is 0.234. The molecule has 0 fully saturated rings. The van der Waals surface area contributed by atoms with Crippen molar-refractivity contribution < 1.29 is 9.53 Å². The quantitative estimate of drug-likeness (QED) is 0.839. The molecule has 2 rings (SSSR count). The highest BCUT2D eigenvalue weighted by atomic mass is 35.5. The van der Waals surface area contributed by atoms with Gasteiger partial charge in [-0.05, 0) is 30.3 Å². The maximum absolute atomic E-state index is 12.1. The van der Waals surface area contributed by atoms with Crippen LogP contribution < -0.4 is 10.1 Å². The first kappa shape index (κ1) is 14.2. The summed E-state index contributed by atoms with van der Waals surface area (Å²) >= 11 is 5.88. The molecule has 0 aliphatic heterocycles. The largest absolute Gasteiger partial charge is 0.487 e. The van der Waals surface area contributed by atoms with E-state index in [1.807, 2.05) is 12.1 Å². The number of carbonyl (C=O) groups is 1. The molecule has 0 saturated heterocycles. The molecule has 2 aromatic rings. The van der Waals surface area contributed by atoms with E-state index in [2.05, 4.69) is 11.9 Å². The standard InChI is InChI=1S/C16H14ClNO2/c1-2-10-20-15-9-4-3-8-14(15)18-16(19)12-6-5-7-13(17)11-12/h2-9,11H,1,10H2,(H,18,19). The SMILES string of the molecule is C=CCOc1ccccc1NC(=O)c1cccc(Cl)c1. The number of hydrogen-bond donors (Lipinski definition) is 1. The molecule has 0 bridgehead atoms. The third kappa shape index (κ3) is 3.62. The molecule has 2 aromatic carbocycles. The lowest BCUT2D eigenvalue weighted by Gasteiger charge is -2.11. The number of rotatable bonds is 5. The van der Waals surface area contributed by atoms with E-state index in [1.165, 1.54) is 0 Å².